The van der Waals surface area contributed by atoms with Crippen molar-refractivity contribution in [2.24, 2.45) is 35.0 Å². The third kappa shape index (κ3) is 2.99. The fourth-order valence-corrected chi connectivity index (χ4v) is 6.46. The number of ether oxygens (including phenoxy) is 1. The van der Waals surface area contributed by atoms with Crippen LogP contribution in [0.5, 0.6) is 0 Å². The van der Waals surface area contributed by atoms with E-state index in [1.165, 1.54) is 19.8 Å². The van der Waals surface area contributed by atoms with E-state index in [1.807, 2.05) is 19.9 Å². The summed E-state index contributed by atoms with van der Waals surface area (Å²) in [7, 11) is 0. The summed E-state index contributed by atoms with van der Waals surface area (Å²) >= 11 is 0. The van der Waals surface area contributed by atoms with Gasteiger partial charge in [-0.2, -0.15) is 0 Å². The Labute approximate surface area is 152 Å². The van der Waals surface area contributed by atoms with Gasteiger partial charge in [0.25, 0.3) is 0 Å². The van der Waals surface area contributed by atoms with E-state index < -0.39 is 0 Å². The van der Waals surface area contributed by atoms with Gasteiger partial charge < -0.3 is 9.84 Å². The van der Waals surface area contributed by atoms with Crippen molar-refractivity contribution in [2.45, 2.75) is 72.5 Å². The molecular weight excluding hydrogens is 312 g/mol. The number of aliphatic hydroxyl groups is 1. The molecule has 8 atom stereocenters. The van der Waals surface area contributed by atoms with Gasteiger partial charge in [0, 0.05) is 18.8 Å². The van der Waals surface area contributed by atoms with Crippen molar-refractivity contribution >= 4 is 5.97 Å². The standard InChI is InChI=1S/C22H34O3/c1-12(2)9-16(25-15(5)23)10-14(4)17-11-19(24)22(6)18-8-7-13(3)20(18)21(17)22/h9,13,16-21,24H,4,7-8,10-11H2,1-3,5-6H3/t13-,16?,17+,18+,19-,20-,21+,22+/m1/s1. The van der Waals surface area contributed by atoms with Gasteiger partial charge in [0.05, 0.1) is 6.10 Å². The Morgan fingerprint density at radius 1 is 1.36 bits per heavy atom. The van der Waals surface area contributed by atoms with Crippen LogP contribution in [0, 0.1) is 35.0 Å². The molecule has 1 N–H and O–H groups in total. The van der Waals surface area contributed by atoms with Crippen LogP contribution in [-0.4, -0.2) is 23.3 Å². The zero-order valence-corrected chi connectivity index (χ0v) is 16.4. The summed E-state index contributed by atoms with van der Waals surface area (Å²) in [5.74, 6) is 2.82. The molecule has 3 rings (SSSR count). The van der Waals surface area contributed by atoms with Crippen LogP contribution in [0.1, 0.15) is 60.3 Å². The number of carbonyl (C=O) groups is 1. The Hall–Kier alpha value is -1.09. The minimum Gasteiger partial charge on any atom is -0.458 e. The molecule has 3 fully saturated rings. The van der Waals surface area contributed by atoms with Gasteiger partial charge in [0.15, 0.2) is 0 Å². The number of aliphatic hydroxyl groups excluding tert-OH is 1. The lowest BCUT2D eigenvalue weighted by Crippen LogP contribution is -2.57. The van der Waals surface area contributed by atoms with Gasteiger partial charge in [0.1, 0.15) is 6.10 Å². The van der Waals surface area contributed by atoms with E-state index in [0.29, 0.717) is 24.2 Å². The van der Waals surface area contributed by atoms with Gasteiger partial charge in [-0.15, -0.1) is 0 Å². The zero-order valence-electron chi connectivity index (χ0n) is 16.4. The average molecular weight is 347 g/mol. The van der Waals surface area contributed by atoms with E-state index in [0.717, 1.165) is 29.4 Å². The SMILES string of the molecule is C=C(CC(C=C(C)C)OC(C)=O)[C@@H]1C[C@@H](O)[C@@]2(C)[C@@H]1[C@@H]1[C@H](C)CC[C@@H]12. The second-order valence-electron chi connectivity index (χ2n) is 9.24. The smallest absolute Gasteiger partial charge is 0.303 e. The van der Waals surface area contributed by atoms with Crippen LogP contribution in [0.2, 0.25) is 0 Å². The van der Waals surface area contributed by atoms with Crippen molar-refractivity contribution in [1.82, 2.24) is 0 Å². The molecule has 3 nitrogen and oxygen atoms in total. The molecule has 0 aromatic rings. The lowest BCUT2D eigenvalue weighted by atomic mass is 9.46. The average Bonchev–Trinajstić information content (AvgIpc) is 2.91. The molecule has 0 saturated heterocycles. The van der Waals surface area contributed by atoms with E-state index in [4.69, 9.17) is 4.74 Å². The maximum absolute atomic E-state index is 11.4. The summed E-state index contributed by atoms with van der Waals surface area (Å²) in [5.41, 5.74) is 2.36. The molecule has 25 heavy (non-hydrogen) atoms. The number of hydrogen-bond acceptors (Lipinski definition) is 3. The molecule has 0 bridgehead atoms. The van der Waals surface area contributed by atoms with E-state index >= 15 is 0 Å². The fraction of sp³-hybridized carbons (Fsp3) is 0.773. The number of hydrogen-bond donors (Lipinski definition) is 1. The van der Waals surface area contributed by atoms with Crippen molar-refractivity contribution in [3.63, 3.8) is 0 Å². The minimum absolute atomic E-state index is 0.0659. The molecule has 140 valence electrons. The highest BCUT2D eigenvalue weighted by Crippen LogP contribution is 2.73. The highest BCUT2D eigenvalue weighted by atomic mass is 16.5. The molecule has 0 spiro atoms. The number of esters is 1. The highest BCUT2D eigenvalue weighted by Gasteiger charge is 2.70. The van der Waals surface area contributed by atoms with Crippen LogP contribution < -0.4 is 0 Å². The maximum atomic E-state index is 11.4. The van der Waals surface area contributed by atoms with Crippen molar-refractivity contribution < 1.29 is 14.6 Å². The van der Waals surface area contributed by atoms with Crippen molar-refractivity contribution in [3.8, 4) is 0 Å². The van der Waals surface area contributed by atoms with Crippen LogP contribution in [0.3, 0.4) is 0 Å². The van der Waals surface area contributed by atoms with Crippen molar-refractivity contribution in [1.29, 1.82) is 0 Å². The first-order valence-electron chi connectivity index (χ1n) is 9.84. The normalized spacial score (nSPS) is 42.8. The summed E-state index contributed by atoms with van der Waals surface area (Å²) in [6, 6.07) is 0. The van der Waals surface area contributed by atoms with Crippen LogP contribution in [0.15, 0.2) is 23.8 Å². The van der Waals surface area contributed by atoms with Gasteiger partial charge in [-0.3, -0.25) is 4.79 Å². The Kier molecular flexibility index (Phi) is 4.91. The molecule has 1 unspecified atom stereocenters. The van der Waals surface area contributed by atoms with Crippen LogP contribution in [0.25, 0.3) is 0 Å². The molecular formula is C22H34O3. The Morgan fingerprint density at radius 3 is 2.64 bits per heavy atom. The Bertz CT molecular complexity index is 588. The Balaban J connectivity index is 1.76. The van der Waals surface area contributed by atoms with E-state index in [2.05, 4.69) is 20.4 Å². The molecule has 0 radical (unpaired) electrons. The first-order valence-corrected chi connectivity index (χ1v) is 9.84. The molecule has 0 amide bonds. The molecule has 3 aliphatic carbocycles. The zero-order chi connectivity index (χ0) is 18.5. The molecule has 0 aromatic carbocycles. The van der Waals surface area contributed by atoms with Crippen LogP contribution in [0.4, 0.5) is 0 Å². The lowest BCUT2D eigenvalue weighted by molar-refractivity contribution is -0.145. The van der Waals surface area contributed by atoms with Crippen LogP contribution in [-0.2, 0) is 9.53 Å². The van der Waals surface area contributed by atoms with Gasteiger partial charge in [0.2, 0.25) is 0 Å². The van der Waals surface area contributed by atoms with Crippen LogP contribution >= 0.6 is 0 Å². The first-order chi connectivity index (χ1) is 11.7. The summed E-state index contributed by atoms with van der Waals surface area (Å²) in [6.07, 6.45) is 5.60. The Morgan fingerprint density at radius 2 is 2.04 bits per heavy atom. The minimum atomic E-state index is -0.250. The quantitative estimate of drug-likeness (QED) is 0.588. The van der Waals surface area contributed by atoms with E-state index in [-0.39, 0.29) is 23.6 Å². The van der Waals surface area contributed by atoms with Gasteiger partial charge in [-0.05, 0) is 62.4 Å². The third-order valence-corrected chi connectivity index (χ3v) is 7.44. The highest BCUT2D eigenvalue weighted by molar-refractivity contribution is 5.66. The number of carbonyl (C=O) groups excluding carboxylic acids is 1. The maximum Gasteiger partial charge on any atom is 0.303 e. The topological polar surface area (TPSA) is 46.5 Å². The predicted molar refractivity (Wildman–Crippen MR) is 99.8 cm³/mol. The van der Waals surface area contributed by atoms with E-state index in [9.17, 15) is 9.90 Å². The summed E-state index contributed by atoms with van der Waals surface area (Å²) in [5, 5.41) is 10.8. The monoisotopic (exact) mass is 346 g/mol. The summed E-state index contributed by atoms with van der Waals surface area (Å²) < 4.78 is 5.49. The fourth-order valence-electron chi connectivity index (χ4n) is 6.46. The van der Waals surface area contributed by atoms with E-state index in [1.54, 1.807) is 0 Å². The summed E-state index contributed by atoms with van der Waals surface area (Å²) in [6.45, 7) is 14.6. The predicted octanol–water partition coefficient (Wildman–Crippen LogP) is 4.51. The van der Waals surface area contributed by atoms with Gasteiger partial charge in [-0.25, -0.2) is 0 Å². The molecule has 3 saturated carbocycles. The molecule has 3 heteroatoms. The summed E-state index contributed by atoms with van der Waals surface area (Å²) in [4.78, 5) is 11.4. The van der Waals surface area contributed by atoms with Gasteiger partial charge >= 0.3 is 5.97 Å². The second-order valence-corrected chi connectivity index (χ2v) is 9.24. The largest absolute Gasteiger partial charge is 0.458 e. The second kappa shape index (κ2) is 6.57. The number of allylic oxidation sites excluding steroid dienone is 1. The molecule has 0 aromatic heterocycles. The molecule has 0 aliphatic heterocycles. The molecule has 3 aliphatic rings. The van der Waals surface area contributed by atoms with Crippen molar-refractivity contribution in [2.75, 3.05) is 0 Å². The van der Waals surface area contributed by atoms with Gasteiger partial charge in [-0.1, -0.05) is 38.0 Å². The number of rotatable bonds is 5. The lowest BCUT2D eigenvalue weighted by Gasteiger charge is -2.58. The van der Waals surface area contributed by atoms with Crippen molar-refractivity contribution in [3.05, 3.63) is 23.8 Å². The first kappa shape index (κ1) is 18.7. The third-order valence-electron chi connectivity index (χ3n) is 7.44. The molecule has 0 heterocycles. The number of fused-ring (bicyclic) bond motifs is 4.